The van der Waals surface area contributed by atoms with E-state index in [9.17, 15) is 14.4 Å². The van der Waals surface area contributed by atoms with E-state index in [0.29, 0.717) is 28.6 Å². The number of ether oxygens (including phenoxy) is 2. The van der Waals surface area contributed by atoms with E-state index >= 15 is 0 Å². The van der Waals surface area contributed by atoms with Crippen molar-refractivity contribution in [3.05, 3.63) is 38.9 Å². The van der Waals surface area contributed by atoms with E-state index in [2.05, 4.69) is 20.9 Å². The predicted octanol–water partition coefficient (Wildman–Crippen LogP) is 3.91. The Morgan fingerprint density at radius 1 is 1.33 bits per heavy atom. The van der Waals surface area contributed by atoms with Crippen LogP contribution in [0, 0.1) is 0 Å². The van der Waals surface area contributed by atoms with E-state index in [1.165, 1.54) is 6.20 Å². The van der Waals surface area contributed by atoms with Gasteiger partial charge in [-0.05, 0) is 62.5 Å². The Morgan fingerprint density at radius 3 is 2.73 bits per heavy atom. The van der Waals surface area contributed by atoms with Gasteiger partial charge in [-0.15, -0.1) is 0 Å². The fourth-order valence-electron chi connectivity index (χ4n) is 3.55. The largest absolute Gasteiger partial charge is 0.462 e. The molecule has 0 radical (unpaired) electrons. The molecule has 3 rings (SSSR count). The minimum absolute atomic E-state index is 0.0307. The number of amides is 1. The number of carbonyl (C=O) groups excluding carboxylic acids is 2. The van der Waals surface area contributed by atoms with E-state index in [4.69, 9.17) is 9.47 Å². The molecule has 0 bridgehead atoms. The number of halogens is 1. The average molecular weight is 480 g/mol. The van der Waals surface area contributed by atoms with Crippen LogP contribution in [0.3, 0.4) is 0 Å². The topological polar surface area (TPSA) is 90.7 Å². The molecule has 9 heteroatoms. The Hall–Kier alpha value is -2.42. The third kappa shape index (κ3) is 4.83. The van der Waals surface area contributed by atoms with E-state index in [1.807, 2.05) is 25.3 Å². The van der Waals surface area contributed by atoms with Gasteiger partial charge < -0.3 is 18.9 Å². The van der Waals surface area contributed by atoms with Crippen LogP contribution < -0.4 is 5.43 Å². The van der Waals surface area contributed by atoms with Crippen LogP contribution >= 0.6 is 15.9 Å². The highest BCUT2D eigenvalue weighted by atomic mass is 79.9. The van der Waals surface area contributed by atoms with Gasteiger partial charge in [-0.2, -0.15) is 0 Å². The van der Waals surface area contributed by atoms with Gasteiger partial charge in [0.25, 0.3) is 0 Å². The van der Waals surface area contributed by atoms with Gasteiger partial charge >= 0.3 is 12.1 Å². The molecule has 1 fully saturated rings. The lowest BCUT2D eigenvalue weighted by Gasteiger charge is -2.35. The highest BCUT2D eigenvalue weighted by molar-refractivity contribution is 9.10. The van der Waals surface area contributed by atoms with Crippen molar-refractivity contribution in [3.8, 4) is 0 Å². The zero-order valence-corrected chi connectivity index (χ0v) is 19.2. The SMILES string of the molecule is CCOC(=O)c1cn(C2CCCN(C(=O)OC(C)(C)C)C2)c2cnc(Br)cc2c1=O. The first-order valence-electron chi connectivity index (χ1n) is 9.96. The van der Waals surface area contributed by atoms with Crippen LogP contribution in [-0.2, 0) is 9.47 Å². The number of pyridine rings is 2. The number of piperidine rings is 1. The molecule has 1 aliphatic heterocycles. The van der Waals surface area contributed by atoms with Crippen LogP contribution in [0.1, 0.15) is 56.9 Å². The molecule has 0 spiro atoms. The molecular formula is C21H26BrN3O5. The molecule has 1 unspecified atom stereocenters. The van der Waals surface area contributed by atoms with Crippen LogP contribution in [0.5, 0.6) is 0 Å². The fraction of sp³-hybridized carbons (Fsp3) is 0.524. The minimum atomic E-state index is -0.661. The summed E-state index contributed by atoms with van der Waals surface area (Å²) in [7, 11) is 0. The van der Waals surface area contributed by atoms with Gasteiger partial charge in [0, 0.05) is 19.3 Å². The maximum Gasteiger partial charge on any atom is 0.410 e. The van der Waals surface area contributed by atoms with Crippen molar-refractivity contribution in [1.82, 2.24) is 14.5 Å². The maximum atomic E-state index is 12.9. The predicted molar refractivity (Wildman–Crippen MR) is 116 cm³/mol. The van der Waals surface area contributed by atoms with Gasteiger partial charge in [0.1, 0.15) is 15.8 Å². The first-order valence-corrected chi connectivity index (χ1v) is 10.8. The van der Waals surface area contributed by atoms with Gasteiger partial charge in [0.05, 0.1) is 29.7 Å². The summed E-state index contributed by atoms with van der Waals surface area (Å²) in [6.07, 6.45) is 4.32. The zero-order valence-electron chi connectivity index (χ0n) is 17.6. The summed E-state index contributed by atoms with van der Waals surface area (Å²) in [6, 6.07) is 1.47. The zero-order chi connectivity index (χ0) is 22.1. The number of esters is 1. The monoisotopic (exact) mass is 479 g/mol. The Balaban J connectivity index is 2.04. The summed E-state index contributed by atoms with van der Waals surface area (Å²) in [5, 5.41) is 0.372. The fourth-order valence-corrected chi connectivity index (χ4v) is 3.88. The highest BCUT2D eigenvalue weighted by Gasteiger charge is 2.30. The normalized spacial score (nSPS) is 17.1. The number of hydrogen-bond acceptors (Lipinski definition) is 6. The highest BCUT2D eigenvalue weighted by Crippen LogP contribution is 2.27. The van der Waals surface area contributed by atoms with Crippen molar-refractivity contribution in [2.45, 2.75) is 52.2 Å². The molecule has 30 heavy (non-hydrogen) atoms. The lowest BCUT2D eigenvalue weighted by atomic mass is 10.0. The molecule has 1 saturated heterocycles. The first-order chi connectivity index (χ1) is 14.1. The van der Waals surface area contributed by atoms with Crippen LogP contribution in [0.2, 0.25) is 0 Å². The first kappa shape index (κ1) is 22.3. The molecule has 0 saturated carbocycles. The number of fused-ring (bicyclic) bond motifs is 1. The second-order valence-corrected chi connectivity index (χ2v) is 9.06. The van der Waals surface area contributed by atoms with Gasteiger partial charge in [-0.3, -0.25) is 4.79 Å². The summed E-state index contributed by atoms with van der Waals surface area (Å²) in [5.74, 6) is -0.661. The van der Waals surface area contributed by atoms with Crippen LogP contribution in [-0.4, -0.2) is 51.8 Å². The lowest BCUT2D eigenvalue weighted by molar-refractivity contribution is 0.0173. The minimum Gasteiger partial charge on any atom is -0.462 e. The Morgan fingerprint density at radius 2 is 2.07 bits per heavy atom. The molecular weight excluding hydrogens is 454 g/mol. The molecule has 0 aliphatic carbocycles. The smallest absolute Gasteiger partial charge is 0.410 e. The van der Waals surface area contributed by atoms with Crippen LogP contribution in [0.4, 0.5) is 4.79 Å². The van der Waals surface area contributed by atoms with Gasteiger partial charge in [0.15, 0.2) is 0 Å². The van der Waals surface area contributed by atoms with Crippen molar-refractivity contribution in [3.63, 3.8) is 0 Å². The van der Waals surface area contributed by atoms with Crippen molar-refractivity contribution in [2.24, 2.45) is 0 Å². The third-order valence-corrected chi connectivity index (χ3v) is 5.26. The Kier molecular flexibility index (Phi) is 6.50. The molecule has 3 heterocycles. The van der Waals surface area contributed by atoms with Gasteiger partial charge in [-0.25, -0.2) is 14.6 Å². The number of nitrogens with zero attached hydrogens (tertiary/aromatic N) is 3. The molecule has 1 amide bonds. The summed E-state index contributed by atoms with van der Waals surface area (Å²) >= 11 is 3.29. The molecule has 162 valence electrons. The van der Waals surface area contributed by atoms with Crippen LogP contribution in [0.25, 0.3) is 10.9 Å². The summed E-state index contributed by atoms with van der Waals surface area (Å²) in [4.78, 5) is 43.8. The molecule has 1 atom stereocenters. The number of aromatic nitrogens is 2. The second-order valence-electron chi connectivity index (χ2n) is 8.25. The van der Waals surface area contributed by atoms with E-state index in [1.54, 1.807) is 24.1 Å². The maximum absolute atomic E-state index is 12.9. The van der Waals surface area contributed by atoms with Crippen molar-refractivity contribution < 1.29 is 19.1 Å². The summed E-state index contributed by atoms with van der Waals surface area (Å²) in [6.45, 7) is 8.36. The summed E-state index contributed by atoms with van der Waals surface area (Å²) < 4.78 is 13.0. The van der Waals surface area contributed by atoms with Crippen molar-refractivity contribution in [2.75, 3.05) is 19.7 Å². The van der Waals surface area contributed by atoms with Gasteiger partial charge in [-0.1, -0.05) is 0 Å². The standard InChI is InChI=1S/C21H26BrN3O5/c1-5-29-19(27)15-12-25(16-10-23-17(22)9-14(16)18(15)26)13-7-6-8-24(11-13)20(28)30-21(2,3)4/h9-10,12-13H,5-8,11H2,1-4H3. The molecule has 0 aromatic carbocycles. The molecule has 8 nitrogen and oxygen atoms in total. The third-order valence-electron chi connectivity index (χ3n) is 4.82. The summed E-state index contributed by atoms with van der Waals surface area (Å²) in [5.41, 5.74) is -0.409. The molecule has 2 aromatic heterocycles. The number of rotatable bonds is 3. The average Bonchev–Trinajstić information content (AvgIpc) is 2.67. The van der Waals surface area contributed by atoms with E-state index in [0.717, 1.165) is 12.8 Å². The van der Waals surface area contributed by atoms with Crippen LogP contribution in [0.15, 0.2) is 27.9 Å². The lowest BCUT2D eigenvalue weighted by Crippen LogP contribution is -2.43. The van der Waals surface area contributed by atoms with Gasteiger partial charge in [0.2, 0.25) is 5.43 Å². The number of hydrogen-bond donors (Lipinski definition) is 0. The second kappa shape index (κ2) is 8.75. The Labute approximate surface area is 183 Å². The van der Waals surface area contributed by atoms with Crippen molar-refractivity contribution >= 4 is 38.9 Å². The van der Waals surface area contributed by atoms with Crippen molar-refractivity contribution in [1.29, 1.82) is 0 Å². The quantitative estimate of drug-likeness (QED) is 0.489. The van der Waals surface area contributed by atoms with E-state index < -0.39 is 17.0 Å². The van der Waals surface area contributed by atoms with E-state index in [-0.39, 0.29) is 24.3 Å². The molecule has 2 aromatic rings. The number of likely N-dealkylation sites (tertiary alicyclic amines) is 1. The number of carbonyl (C=O) groups is 2. The molecule has 0 N–H and O–H groups in total. The molecule has 1 aliphatic rings. The Bertz CT molecular complexity index is 1030.